The van der Waals surface area contributed by atoms with E-state index in [2.05, 4.69) is 35.2 Å². The van der Waals surface area contributed by atoms with Crippen molar-refractivity contribution in [2.45, 2.75) is 63.6 Å². The molecule has 0 amide bonds. The molecule has 0 saturated carbocycles. The minimum absolute atomic E-state index is 0.0311. The molecule has 1 unspecified atom stereocenters. The van der Waals surface area contributed by atoms with Crippen molar-refractivity contribution in [2.75, 3.05) is 13.1 Å². The third-order valence-electron chi connectivity index (χ3n) is 6.89. The van der Waals surface area contributed by atoms with Gasteiger partial charge in [-0.1, -0.05) is 30.0 Å². The lowest BCUT2D eigenvalue weighted by Gasteiger charge is -2.37. The lowest BCUT2D eigenvalue weighted by atomic mass is 9.93. The molecular weight excluding hydrogens is 511 g/mol. The molecule has 10 heteroatoms. The Morgan fingerprint density at radius 3 is 2.53 bits per heavy atom. The first-order valence-corrected chi connectivity index (χ1v) is 13.5. The Morgan fingerprint density at radius 2 is 1.84 bits per heavy atom. The molecule has 2 aromatic carbocycles. The Hall–Kier alpha value is -2.66. The number of hydrogen-bond acceptors (Lipinski definition) is 6. The fourth-order valence-electron chi connectivity index (χ4n) is 5.12. The number of aliphatic imine (C=N–C) groups is 1. The number of hydrogen-bond donors (Lipinski definition) is 2. The van der Waals surface area contributed by atoms with Crippen LogP contribution in [0.4, 0.5) is 13.2 Å². The fraction of sp³-hybridized carbons (Fsp3) is 0.429. The quantitative estimate of drug-likeness (QED) is 0.448. The molecule has 1 fully saturated rings. The predicted octanol–water partition coefficient (Wildman–Crippen LogP) is 5.46. The second-order valence-corrected chi connectivity index (χ2v) is 11.9. The number of rotatable bonds is 5. The summed E-state index contributed by atoms with van der Waals surface area (Å²) >= 11 is 1.73. The molecule has 0 aliphatic carbocycles. The second-order valence-electron chi connectivity index (χ2n) is 10.7. The van der Waals surface area contributed by atoms with Crippen LogP contribution in [0.1, 0.15) is 49.9 Å². The van der Waals surface area contributed by atoms with Crippen molar-refractivity contribution in [1.29, 1.82) is 0 Å². The number of fused-ring (bicyclic) bond motifs is 1. The summed E-state index contributed by atoms with van der Waals surface area (Å²) in [6.45, 7) is 9.19. The van der Waals surface area contributed by atoms with Crippen LogP contribution in [0.3, 0.4) is 0 Å². The average Bonchev–Trinajstić information content (AvgIpc) is 3.44. The molecule has 1 aromatic heterocycles. The Bertz CT molecular complexity index is 1380. The number of thioether (sulfide) groups is 1. The van der Waals surface area contributed by atoms with Gasteiger partial charge in [-0.3, -0.25) is 14.6 Å². The number of aliphatic hydroxyl groups is 1. The summed E-state index contributed by atoms with van der Waals surface area (Å²) in [4.78, 5) is 8.18. The maximum Gasteiger partial charge on any atom is 0.416 e. The van der Waals surface area contributed by atoms with Gasteiger partial charge in [0.2, 0.25) is 0 Å². The van der Waals surface area contributed by atoms with Crippen molar-refractivity contribution in [3.8, 4) is 0 Å². The smallest absolute Gasteiger partial charge is 0.386 e. The number of alkyl halides is 3. The molecule has 2 aliphatic rings. The van der Waals surface area contributed by atoms with Crippen LogP contribution in [-0.4, -0.2) is 56.7 Å². The zero-order valence-corrected chi connectivity index (χ0v) is 22.6. The highest BCUT2D eigenvalue weighted by Crippen LogP contribution is 2.36. The van der Waals surface area contributed by atoms with Crippen molar-refractivity contribution in [2.24, 2.45) is 4.99 Å². The average molecular weight is 544 g/mol. The molecule has 2 N–H and O–H groups in total. The summed E-state index contributed by atoms with van der Waals surface area (Å²) in [5.74, 6) is 0. The number of nitrogens with one attached hydrogen (secondary N) is 1. The number of aromatic nitrogens is 2. The van der Waals surface area contributed by atoms with Gasteiger partial charge in [0.25, 0.3) is 0 Å². The summed E-state index contributed by atoms with van der Waals surface area (Å²) < 4.78 is 43.1. The van der Waals surface area contributed by atoms with Gasteiger partial charge >= 0.3 is 6.18 Å². The van der Waals surface area contributed by atoms with Crippen LogP contribution in [0.15, 0.2) is 52.5 Å². The standard InChI is InChI=1S/C28H32F3N5OS/c1-17-14-35(15-18(2)34-17)26-32-13-23(38-26)10-19-5-8-25-21(9-19)12-33-36(25)16-20-6-7-22(27(3,4)37)11-24(20)28(29,30)31/h5-13,17-18,26,34,37H,14-16H2,1-4H3/t17-,18+,26?. The van der Waals surface area contributed by atoms with Crippen LogP contribution in [0, 0.1) is 0 Å². The number of allylic oxidation sites excluding steroid dienone is 1. The Balaban J connectivity index is 1.34. The van der Waals surface area contributed by atoms with Gasteiger partial charge in [-0.2, -0.15) is 18.3 Å². The highest BCUT2D eigenvalue weighted by molar-refractivity contribution is 8.04. The molecule has 1 saturated heterocycles. The molecular formula is C28H32F3N5OS. The first kappa shape index (κ1) is 26.9. The first-order valence-electron chi connectivity index (χ1n) is 12.7. The van der Waals surface area contributed by atoms with Crippen molar-refractivity contribution in [3.63, 3.8) is 0 Å². The van der Waals surface area contributed by atoms with Crippen LogP contribution in [-0.2, 0) is 18.3 Å². The van der Waals surface area contributed by atoms with E-state index in [9.17, 15) is 18.3 Å². The summed E-state index contributed by atoms with van der Waals surface area (Å²) in [7, 11) is 0. The summed E-state index contributed by atoms with van der Waals surface area (Å²) in [6, 6.07) is 10.7. The highest BCUT2D eigenvalue weighted by atomic mass is 32.2. The van der Waals surface area contributed by atoms with Gasteiger partial charge in [0.05, 0.1) is 29.4 Å². The largest absolute Gasteiger partial charge is 0.416 e. The fourth-order valence-corrected chi connectivity index (χ4v) is 6.13. The minimum atomic E-state index is -4.54. The highest BCUT2D eigenvalue weighted by Gasteiger charge is 2.35. The van der Waals surface area contributed by atoms with E-state index in [-0.39, 0.29) is 23.2 Å². The maximum atomic E-state index is 13.9. The van der Waals surface area contributed by atoms with E-state index < -0.39 is 17.3 Å². The van der Waals surface area contributed by atoms with Crippen LogP contribution in [0.2, 0.25) is 0 Å². The summed E-state index contributed by atoms with van der Waals surface area (Å²) in [5, 5.41) is 19.0. The molecule has 0 bridgehead atoms. The predicted molar refractivity (Wildman–Crippen MR) is 147 cm³/mol. The molecule has 3 heterocycles. The van der Waals surface area contributed by atoms with Crippen molar-refractivity contribution < 1.29 is 18.3 Å². The van der Waals surface area contributed by atoms with Crippen molar-refractivity contribution in [3.05, 3.63) is 69.8 Å². The number of nitrogens with zero attached hydrogens (tertiary/aromatic N) is 4. The third kappa shape index (κ3) is 5.83. The molecule has 202 valence electrons. The van der Waals surface area contributed by atoms with E-state index in [1.165, 1.54) is 26.0 Å². The number of benzene rings is 2. The lowest BCUT2D eigenvalue weighted by molar-refractivity contribution is -0.138. The van der Waals surface area contributed by atoms with Crippen LogP contribution in [0.5, 0.6) is 0 Å². The minimum Gasteiger partial charge on any atom is -0.386 e. The first-order chi connectivity index (χ1) is 17.9. The van der Waals surface area contributed by atoms with E-state index in [4.69, 9.17) is 4.99 Å². The van der Waals surface area contributed by atoms with Crippen LogP contribution >= 0.6 is 11.8 Å². The van der Waals surface area contributed by atoms with Gasteiger partial charge in [-0.15, -0.1) is 0 Å². The second kappa shape index (κ2) is 10.1. The molecule has 0 radical (unpaired) electrons. The maximum absolute atomic E-state index is 13.9. The number of piperazine rings is 1. The summed E-state index contributed by atoms with van der Waals surface area (Å²) in [5.41, 5.74) is -0.00397. The van der Waals surface area contributed by atoms with Gasteiger partial charge in [0.1, 0.15) is 0 Å². The van der Waals surface area contributed by atoms with E-state index >= 15 is 0 Å². The summed E-state index contributed by atoms with van der Waals surface area (Å²) in [6.07, 6.45) is 1.13. The zero-order chi connectivity index (χ0) is 27.2. The van der Waals surface area contributed by atoms with Crippen molar-refractivity contribution in [1.82, 2.24) is 20.0 Å². The third-order valence-corrected chi connectivity index (χ3v) is 8.01. The molecule has 38 heavy (non-hydrogen) atoms. The molecule has 6 nitrogen and oxygen atoms in total. The Labute approximate surface area is 224 Å². The molecule has 0 spiro atoms. The van der Waals surface area contributed by atoms with Gasteiger partial charge in [-0.05, 0) is 68.7 Å². The van der Waals surface area contributed by atoms with E-state index in [0.717, 1.165) is 40.5 Å². The molecule has 2 aliphatic heterocycles. The number of halogens is 3. The Kier molecular flexibility index (Phi) is 7.19. The van der Waals surface area contributed by atoms with Gasteiger partial charge in [0, 0.05) is 41.7 Å². The SMILES string of the molecule is C[C@@H]1CN(C2N=CC(=Cc3ccc4c(cnn4Cc4ccc(C(C)(C)O)cc4C(F)(F)F)c3)S2)C[C@H](C)N1. The van der Waals surface area contributed by atoms with Gasteiger partial charge in [-0.25, -0.2) is 0 Å². The van der Waals surface area contributed by atoms with Gasteiger partial charge in [0.15, 0.2) is 5.50 Å². The zero-order valence-electron chi connectivity index (χ0n) is 21.8. The monoisotopic (exact) mass is 543 g/mol. The molecule has 3 atom stereocenters. The molecule has 3 aromatic rings. The lowest BCUT2D eigenvalue weighted by Crippen LogP contribution is -2.55. The van der Waals surface area contributed by atoms with E-state index in [0.29, 0.717) is 12.1 Å². The van der Waals surface area contributed by atoms with Crippen LogP contribution in [0.25, 0.3) is 17.0 Å². The normalized spacial score (nSPS) is 24.1. The van der Waals surface area contributed by atoms with Crippen molar-refractivity contribution >= 4 is 35.0 Å². The molecule has 5 rings (SSSR count). The Morgan fingerprint density at radius 1 is 1.11 bits per heavy atom. The van der Waals surface area contributed by atoms with E-state index in [1.54, 1.807) is 22.6 Å². The topological polar surface area (TPSA) is 65.7 Å². The van der Waals surface area contributed by atoms with Gasteiger partial charge < -0.3 is 10.4 Å². The van der Waals surface area contributed by atoms with E-state index in [1.807, 2.05) is 24.4 Å². The van der Waals surface area contributed by atoms with Crippen LogP contribution < -0.4 is 5.32 Å².